The van der Waals surface area contributed by atoms with E-state index in [1.165, 1.54) is 23.4 Å². The van der Waals surface area contributed by atoms with Gasteiger partial charge in [-0.25, -0.2) is 0 Å². The molecule has 0 saturated heterocycles. The van der Waals surface area contributed by atoms with E-state index in [-0.39, 0.29) is 0 Å². The summed E-state index contributed by atoms with van der Waals surface area (Å²) >= 11 is 0. The smallest absolute Gasteiger partial charge is 0.0607 e. The highest BCUT2D eigenvalue weighted by Gasteiger charge is 2.19. The van der Waals surface area contributed by atoms with Gasteiger partial charge in [0.2, 0.25) is 0 Å². The zero-order valence-corrected chi connectivity index (χ0v) is 12.2. The number of nitrogens with zero attached hydrogens (tertiary/aromatic N) is 2. The quantitative estimate of drug-likeness (QED) is 0.625. The van der Waals surface area contributed by atoms with Crippen LogP contribution >= 0.6 is 0 Å². The molecule has 3 nitrogen and oxygen atoms in total. The van der Waals surface area contributed by atoms with E-state index in [1.807, 2.05) is 0 Å². The molecule has 0 fully saturated rings. The summed E-state index contributed by atoms with van der Waals surface area (Å²) in [6, 6.07) is 8.62. The third-order valence-electron chi connectivity index (χ3n) is 3.56. The van der Waals surface area contributed by atoms with Gasteiger partial charge in [0.25, 0.3) is 0 Å². The summed E-state index contributed by atoms with van der Waals surface area (Å²) in [4.78, 5) is 4.76. The fraction of sp³-hybridized carbons (Fsp3) is 0.500. The molecule has 0 amide bonds. The first-order valence-electron chi connectivity index (χ1n) is 7.15. The fourth-order valence-electron chi connectivity index (χ4n) is 2.50. The van der Waals surface area contributed by atoms with Crippen LogP contribution in [0.1, 0.15) is 13.3 Å². The number of fused-ring (bicyclic) bond motifs is 1. The molecule has 1 aromatic carbocycles. The zero-order valence-electron chi connectivity index (χ0n) is 12.2. The first-order chi connectivity index (χ1) is 9.22. The van der Waals surface area contributed by atoms with Crippen molar-refractivity contribution in [2.24, 2.45) is 0 Å². The molecule has 1 aliphatic heterocycles. The molecule has 0 aliphatic carbocycles. The molecule has 0 radical (unpaired) electrons. The predicted molar refractivity (Wildman–Crippen MR) is 84.2 cm³/mol. The van der Waals surface area contributed by atoms with Crippen molar-refractivity contribution in [3.63, 3.8) is 0 Å². The van der Waals surface area contributed by atoms with Crippen LogP contribution in [0.5, 0.6) is 0 Å². The Bertz CT molecular complexity index is 428. The van der Waals surface area contributed by atoms with Crippen LogP contribution in [0.25, 0.3) is 0 Å². The number of anilines is 2. The highest BCUT2D eigenvalue weighted by molar-refractivity contribution is 5.73. The summed E-state index contributed by atoms with van der Waals surface area (Å²) in [5, 5.41) is 3.42. The molecule has 1 aliphatic rings. The maximum Gasteiger partial charge on any atom is 0.0607 e. The number of para-hydroxylation sites is 2. The Morgan fingerprint density at radius 2 is 2.00 bits per heavy atom. The van der Waals surface area contributed by atoms with Crippen molar-refractivity contribution in [1.29, 1.82) is 0 Å². The maximum atomic E-state index is 4.19. The number of hydrogen-bond acceptors (Lipinski definition) is 3. The van der Waals surface area contributed by atoms with Gasteiger partial charge in [-0.3, -0.25) is 0 Å². The SMILES string of the molecule is C=C(CNCCC)CN1CCN(C)c2ccccc21. The molecule has 104 valence electrons. The summed E-state index contributed by atoms with van der Waals surface area (Å²) in [6.45, 7) is 11.5. The molecule has 0 bridgehead atoms. The minimum absolute atomic E-state index is 0.919. The van der Waals surface area contributed by atoms with Crippen molar-refractivity contribution < 1.29 is 0 Å². The molecular formula is C16H25N3. The Labute approximate surface area is 116 Å². The van der Waals surface area contributed by atoms with E-state index in [0.29, 0.717) is 0 Å². The Hall–Kier alpha value is -1.48. The van der Waals surface area contributed by atoms with Gasteiger partial charge in [0.15, 0.2) is 0 Å². The van der Waals surface area contributed by atoms with Gasteiger partial charge in [0.1, 0.15) is 0 Å². The van der Waals surface area contributed by atoms with Crippen LogP contribution < -0.4 is 15.1 Å². The van der Waals surface area contributed by atoms with Gasteiger partial charge in [0.05, 0.1) is 11.4 Å². The molecule has 1 N–H and O–H groups in total. The molecule has 3 heteroatoms. The van der Waals surface area contributed by atoms with Crippen LogP contribution in [-0.2, 0) is 0 Å². The molecular weight excluding hydrogens is 234 g/mol. The van der Waals surface area contributed by atoms with Crippen molar-refractivity contribution in [1.82, 2.24) is 5.32 Å². The highest BCUT2D eigenvalue weighted by Crippen LogP contribution is 2.31. The average molecular weight is 259 g/mol. The number of hydrogen-bond donors (Lipinski definition) is 1. The zero-order chi connectivity index (χ0) is 13.7. The van der Waals surface area contributed by atoms with E-state index < -0.39 is 0 Å². The van der Waals surface area contributed by atoms with Crippen LogP contribution in [0.2, 0.25) is 0 Å². The number of rotatable bonds is 6. The Kier molecular flexibility index (Phi) is 4.86. The molecule has 0 saturated carbocycles. The fourth-order valence-corrected chi connectivity index (χ4v) is 2.50. The Balaban J connectivity index is 1.98. The van der Waals surface area contributed by atoms with Gasteiger partial charge < -0.3 is 15.1 Å². The van der Waals surface area contributed by atoms with Crippen molar-refractivity contribution in [2.75, 3.05) is 49.6 Å². The third-order valence-corrected chi connectivity index (χ3v) is 3.56. The average Bonchev–Trinajstić information content (AvgIpc) is 2.43. The normalized spacial score (nSPS) is 14.4. The van der Waals surface area contributed by atoms with E-state index in [2.05, 4.69) is 59.9 Å². The van der Waals surface area contributed by atoms with E-state index in [9.17, 15) is 0 Å². The summed E-state index contributed by atoms with van der Waals surface area (Å²) < 4.78 is 0. The van der Waals surface area contributed by atoms with Crippen molar-refractivity contribution in [3.8, 4) is 0 Å². The molecule has 0 spiro atoms. The van der Waals surface area contributed by atoms with E-state index in [1.54, 1.807) is 0 Å². The summed E-state index contributed by atoms with van der Waals surface area (Å²) in [5.74, 6) is 0. The number of nitrogens with one attached hydrogen (secondary N) is 1. The number of likely N-dealkylation sites (N-methyl/N-ethyl adjacent to an activating group) is 1. The van der Waals surface area contributed by atoms with Gasteiger partial charge in [-0.2, -0.15) is 0 Å². The van der Waals surface area contributed by atoms with Crippen molar-refractivity contribution >= 4 is 11.4 Å². The van der Waals surface area contributed by atoms with Crippen LogP contribution in [0.15, 0.2) is 36.4 Å². The van der Waals surface area contributed by atoms with Gasteiger partial charge in [-0.15, -0.1) is 0 Å². The van der Waals surface area contributed by atoms with Crippen LogP contribution in [0.4, 0.5) is 11.4 Å². The number of benzene rings is 1. The first kappa shape index (κ1) is 13.9. The van der Waals surface area contributed by atoms with Gasteiger partial charge >= 0.3 is 0 Å². The molecule has 19 heavy (non-hydrogen) atoms. The largest absolute Gasteiger partial charge is 0.371 e. The van der Waals surface area contributed by atoms with Gasteiger partial charge in [0, 0.05) is 33.2 Å². The lowest BCUT2D eigenvalue weighted by Crippen LogP contribution is -2.40. The second-order valence-electron chi connectivity index (χ2n) is 5.26. The molecule has 1 aromatic rings. The van der Waals surface area contributed by atoms with E-state index in [4.69, 9.17) is 0 Å². The minimum atomic E-state index is 0.919. The molecule has 0 unspecified atom stereocenters. The monoisotopic (exact) mass is 259 g/mol. The molecule has 2 rings (SSSR count). The minimum Gasteiger partial charge on any atom is -0.371 e. The Morgan fingerprint density at radius 1 is 1.26 bits per heavy atom. The lowest BCUT2D eigenvalue weighted by molar-refractivity contribution is 0.691. The van der Waals surface area contributed by atoms with Crippen LogP contribution in [0.3, 0.4) is 0 Å². The first-order valence-corrected chi connectivity index (χ1v) is 7.15. The van der Waals surface area contributed by atoms with E-state index >= 15 is 0 Å². The molecule has 0 atom stereocenters. The van der Waals surface area contributed by atoms with E-state index in [0.717, 1.165) is 32.7 Å². The van der Waals surface area contributed by atoms with Crippen LogP contribution in [0, 0.1) is 0 Å². The second-order valence-corrected chi connectivity index (χ2v) is 5.26. The topological polar surface area (TPSA) is 18.5 Å². The Morgan fingerprint density at radius 3 is 2.74 bits per heavy atom. The highest BCUT2D eigenvalue weighted by atomic mass is 15.2. The molecule has 1 heterocycles. The summed E-state index contributed by atoms with van der Waals surface area (Å²) in [7, 11) is 2.16. The maximum absolute atomic E-state index is 4.19. The lowest BCUT2D eigenvalue weighted by atomic mass is 10.1. The van der Waals surface area contributed by atoms with Gasteiger partial charge in [-0.1, -0.05) is 25.6 Å². The van der Waals surface area contributed by atoms with Crippen molar-refractivity contribution in [2.45, 2.75) is 13.3 Å². The van der Waals surface area contributed by atoms with Crippen LogP contribution in [-0.4, -0.2) is 39.8 Å². The standard InChI is InChI=1S/C16H25N3/c1-4-9-17-12-14(2)13-19-11-10-18(3)15-7-5-6-8-16(15)19/h5-8,17H,2,4,9-13H2,1,3H3. The van der Waals surface area contributed by atoms with Gasteiger partial charge in [-0.05, 0) is 30.7 Å². The summed E-state index contributed by atoms with van der Waals surface area (Å²) in [5.41, 5.74) is 3.91. The second kappa shape index (κ2) is 6.62. The van der Waals surface area contributed by atoms with Crippen molar-refractivity contribution in [3.05, 3.63) is 36.4 Å². The predicted octanol–water partition coefficient (Wildman–Crippen LogP) is 2.50. The molecule has 0 aromatic heterocycles. The summed E-state index contributed by atoms with van der Waals surface area (Å²) in [6.07, 6.45) is 1.17. The lowest BCUT2D eigenvalue weighted by Gasteiger charge is -2.37. The third kappa shape index (κ3) is 3.51.